The molecule has 0 aliphatic carbocycles. The van der Waals surface area contributed by atoms with Gasteiger partial charge in [-0.15, -0.1) is 5.10 Å². The van der Waals surface area contributed by atoms with Crippen LogP contribution in [0.15, 0.2) is 36.7 Å². The van der Waals surface area contributed by atoms with Crippen molar-refractivity contribution in [1.29, 1.82) is 0 Å². The second-order valence-corrected chi connectivity index (χ2v) is 7.56. The highest BCUT2D eigenvalue weighted by Crippen LogP contribution is 2.31. The Morgan fingerprint density at radius 3 is 2.78 bits per heavy atom. The molecule has 0 saturated carbocycles. The molecule has 3 aromatic heterocycles. The predicted octanol–water partition coefficient (Wildman–Crippen LogP) is 4.85. The average Bonchev–Trinajstić information content (AvgIpc) is 3.23. The van der Waals surface area contributed by atoms with E-state index in [1.165, 1.54) is 11.3 Å². The minimum Gasteiger partial charge on any atom is -0.316 e. The van der Waals surface area contributed by atoms with Crippen molar-refractivity contribution in [3.05, 3.63) is 58.2 Å². The number of anilines is 2. The Bertz CT molecular complexity index is 1080. The minimum atomic E-state index is 0.375. The van der Waals surface area contributed by atoms with Crippen LogP contribution < -0.4 is 5.32 Å². The van der Waals surface area contributed by atoms with Crippen LogP contribution in [0.25, 0.3) is 16.3 Å². The molecule has 7 nitrogen and oxygen atoms in total. The maximum Gasteiger partial charge on any atom is 0.188 e. The van der Waals surface area contributed by atoms with E-state index in [2.05, 4.69) is 30.6 Å². The Kier molecular flexibility index (Phi) is 4.77. The highest BCUT2D eigenvalue weighted by Gasteiger charge is 2.13. The van der Waals surface area contributed by atoms with E-state index >= 15 is 0 Å². The minimum absolute atomic E-state index is 0.375. The van der Waals surface area contributed by atoms with Crippen LogP contribution in [0.2, 0.25) is 10.2 Å². The van der Waals surface area contributed by atoms with Gasteiger partial charge in [-0.3, -0.25) is 0 Å². The summed E-state index contributed by atoms with van der Waals surface area (Å²) in [6, 6.07) is 7.36. The Balaban J connectivity index is 1.60. The molecule has 0 spiro atoms. The first-order valence-electron chi connectivity index (χ1n) is 7.92. The number of hydrogen-bond acceptors (Lipinski definition) is 7. The van der Waals surface area contributed by atoms with Crippen LogP contribution >= 0.6 is 34.5 Å². The summed E-state index contributed by atoms with van der Waals surface area (Å²) in [6.45, 7) is 3.76. The number of para-hydroxylation sites is 1. The molecule has 0 fully saturated rings. The molecular formula is C17H13Cl2N7S. The third-order valence-corrected chi connectivity index (χ3v) is 5.14. The van der Waals surface area contributed by atoms with Crippen molar-refractivity contribution in [3.8, 4) is 16.3 Å². The number of thiazole rings is 1. The summed E-state index contributed by atoms with van der Waals surface area (Å²) in [5.41, 5.74) is 2.53. The zero-order valence-corrected chi connectivity index (χ0v) is 16.6. The molecule has 0 atom stereocenters. The summed E-state index contributed by atoms with van der Waals surface area (Å²) in [4.78, 5) is 13.6. The van der Waals surface area contributed by atoms with Gasteiger partial charge in [0.1, 0.15) is 22.5 Å². The van der Waals surface area contributed by atoms with E-state index in [9.17, 15) is 0 Å². The third-order valence-electron chi connectivity index (χ3n) is 3.71. The van der Waals surface area contributed by atoms with E-state index in [1.807, 2.05) is 31.3 Å². The number of halogens is 2. The lowest BCUT2D eigenvalue weighted by molar-refractivity contribution is 0.799. The first kappa shape index (κ1) is 17.8. The highest BCUT2D eigenvalue weighted by atomic mass is 35.5. The van der Waals surface area contributed by atoms with E-state index < -0.39 is 0 Å². The summed E-state index contributed by atoms with van der Waals surface area (Å²) in [5, 5.41) is 13.2. The molecule has 0 aliphatic heterocycles. The lowest BCUT2D eigenvalue weighted by Gasteiger charge is -2.06. The number of hydrogen-bond donors (Lipinski definition) is 1. The van der Waals surface area contributed by atoms with Gasteiger partial charge in [0.25, 0.3) is 0 Å². The van der Waals surface area contributed by atoms with Crippen molar-refractivity contribution in [2.45, 2.75) is 13.8 Å². The van der Waals surface area contributed by atoms with Crippen LogP contribution in [0.1, 0.15) is 11.4 Å². The molecular weight excluding hydrogens is 405 g/mol. The summed E-state index contributed by atoms with van der Waals surface area (Å²) >= 11 is 13.7. The molecule has 1 N–H and O–H groups in total. The standard InChI is InChI=1S/C17H13Cl2N7S/c1-9-4-3-5-11(18)16(9)26-8-12(24-25-26)13-7-20-17(27-13)23-15-6-14(19)21-10(2)22-15/h3-8H,1-2H3,(H,20,21,22,23). The van der Waals surface area contributed by atoms with Crippen LogP contribution in [0.5, 0.6) is 0 Å². The second kappa shape index (κ2) is 7.22. The van der Waals surface area contributed by atoms with Crippen LogP contribution in [0.4, 0.5) is 10.9 Å². The Hall–Kier alpha value is -2.55. The third kappa shape index (κ3) is 3.78. The quantitative estimate of drug-likeness (QED) is 0.478. The molecule has 0 unspecified atom stereocenters. The topological polar surface area (TPSA) is 81.4 Å². The Morgan fingerprint density at radius 1 is 1.15 bits per heavy atom. The Morgan fingerprint density at radius 2 is 2.00 bits per heavy atom. The van der Waals surface area contributed by atoms with Crippen LogP contribution in [0, 0.1) is 13.8 Å². The zero-order valence-electron chi connectivity index (χ0n) is 14.3. The molecule has 0 saturated heterocycles. The van der Waals surface area contributed by atoms with Crippen molar-refractivity contribution < 1.29 is 0 Å². The molecule has 0 aliphatic rings. The fourth-order valence-electron chi connectivity index (χ4n) is 2.55. The van der Waals surface area contributed by atoms with Gasteiger partial charge in [0, 0.05) is 12.3 Å². The van der Waals surface area contributed by atoms with Gasteiger partial charge in [0.15, 0.2) is 5.13 Å². The molecule has 10 heteroatoms. The van der Waals surface area contributed by atoms with E-state index in [-0.39, 0.29) is 0 Å². The molecule has 1 aromatic carbocycles. The van der Waals surface area contributed by atoms with Crippen molar-refractivity contribution >= 4 is 45.5 Å². The van der Waals surface area contributed by atoms with E-state index in [4.69, 9.17) is 23.2 Å². The number of nitrogens with one attached hydrogen (secondary N) is 1. The second-order valence-electron chi connectivity index (χ2n) is 5.73. The molecule has 0 bridgehead atoms. The monoisotopic (exact) mass is 417 g/mol. The largest absolute Gasteiger partial charge is 0.316 e. The maximum atomic E-state index is 6.31. The van der Waals surface area contributed by atoms with Crippen LogP contribution in [-0.4, -0.2) is 29.9 Å². The molecule has 0 amide bonds. The van der Waals surface area contributed by atoms with Gasteiger partial charge in [0.2, 0.25) is 0 Å². The van der Waals surface area contributed by atoms with Crippen molar-refractivity contribution in [1.82, 2.24) is 29.9 Å². The van der Waals surface area contributed by atoms with Gasteiger partial charge >= 0.3 is 0 Å². The van der Waals surface area contributed by atoms with E-state index in [1.54, 1.807) is 23.9 Å². The molecule has 4 rings (SSSR count). The predicted molar refractivity (Wildman–Crippen MR) is 107 cm³/mol. The number of aryl methyl sites for hydroxylation is 2. The fraction of sp³-hybridized carbons (Fsp3) is 0.118. The maximum absolute atomic E-state index is 6.31. The number of nitrogens with zero attached hydrogens (tertiary/aromatic N) is 6. The summed E-state index contributed by atoms with van der Waals surface area (Å²) in [6.07, 6.45) is 3.56. The normalized spacial score (nSPS) is 11.0. The van der Waals surface area contributed by atoms with Crippen molar-refractivity contribution in [3.63, 3.8) is 0 Å². The van der Waals surface area contributed by atoms with Crippen LogP contribution in [0.3, 0.4) is 0 Å². The van der Waals surface area contributed by atoms with Gasteiger partial charge < -0.3 is 5.32 Å². The first-order valence-corrected chi connectivity index (χ1v) is 9.49. The van der Waals surface area contributed by atoms with Crippen LogP contribution in [-0.2, 0) is 0 Å². The lowest BCUT2D eigenvalue weighted by Crippen LogP contribution is -1.98. The Labute approximate surface area is 169 Å². The lowest BCUT2D eigenvalue weighted by atomic mass is 10.2. The zero-order chi connectivity index (χ0) is 19.0. The molecule has 0 radical (unpaired) electrons. The van der Waals surface area contributed by atoms with Gasteiger partial charge in [-0.05, 0) is 25.5 Å². The SMILES string of the molecule is Cc1nc(Cl)cc(Nc2ncc(-c3cn(-c4c(C)cccc4Cl)nn3)s2)n1. The highest BCUT2D eigenvalue weighted by molar-refractivity contribution is 7.18. The average molecular weight is 418 g/mol. The van der Waals surface area contributed by atoms with E-state index in [0.29, 0.717) is 32.6 Å². The summed E-state index contributed by atoms with van der Waals surface area (Å²) < 4.78 is 1.67. The fourth-order valence-corrected chi connectivity index (χ4v) is 3.86. The van der Waals surface area contributed by atoms with Gasteiger partial charge in [-0.2, -0.15) is 0 Å². The van der Waals surface area contributed by atoms with Crippen molar-refractivity contribution in [2.75, 3.05) is 5.32 Å². The van der Waals surface area contributed by atoms with Gasteiger partial charge in [-0.25, -0.2) is 19.6 Å². The van der Waals surface area contributed by atoms with Gasteiger partial charge in [0.05, 0.1) is 21.8 Å². The molecule has 27 heavy (non-hydrogen) atoms. The number of aromatic nitrogens is 6. The molecule has 136 valence electrons. The van der Waals surface area contributed by atoms with Crippen molar-refractivity contribution in [2.24, 2.45) is 0 Å². The first-order chi connectivity index (χ1) is 13.0. The smallest absolute Gasteiger partial charge is 0.188 e. The summed E-state index contributed by atoms with van der Waals surface area (Å²) in [5.74, 6) is 1.17. The van der Waals surface area contributed by atoms with Gasteiger partial charge in [-0.1, -0.05) is 51.9 Å². The number of rotatable bonds is 4. The summed E-state index contributed by atoms with van der Waals surface area (Å²) in [7, 11) is 0. The van der Waals surface area contributed by atoms with E-state index in [0.717, 1.165) is 16.1 Å². The number of benzene rings is 1. The molecule has 4 aromatic rings. The molecule has 3 heterocycles.